The zero-order valence-electron chi connectivity index (χ0n) is 14.2. The van der Waals surface area contributed by atoms with E-state index in [0.717, 1.165) is 0 Å². The summed E-state index contributed by atoms with van der Waals surface area (Å²) in [6.07, 6.45) is 4.00. The predicted octanol–water partition coefficient (Wildman–Crippen LogP) is -0.330. The predicted molar refractivity (Wildman–Crippen MR) is 94.7 cm³/mol. The fourth-order valence-electron chi connectivity index (χ4n) is 1.90. The topological polar surface area (TPSA) is 250 Å². The number of nitrogens with two attached hydrogens (primary N) is 1. The van der Waals surface area contributed by atoms with Crippen molar-refractivity contribution in [3.63, 3.8) is 0 Å². The van der Waals surface area contributed by atoms with Gasteiger partial charge in [-0.2, -0.15) is 8.62 Å². The van der Waals surface area contributed by atoms with Gasteiger partial charge in [0.2, 0.25) is 0 Å². The van der Waals surface area contributed by atoms with Crippen molar-refractivity contribution in [3.05, 3.63) is 24.3 Å². The molecule has 0 bridgehead atoms. The third-order valence-corrected chi connectivity index (χ3v) is 6.82. The van der Waals surface area contributed by atoms with E-state index < -0.39 is 36.7 Å². The van der Waals surface area contributed by atoms with Crippen LogP contribution in [0.4, 0.5) is 5.82 Å². The summed E-state index contributed by atoms with van der Waals surface area (Å²) in [4.78, 5) is 47.2. The molecular weight excluding hydrogens is 459 g/mol. The zero-order chi connectivity index (χ0) is 21.9. The minimum Gasteiger partial charge on any atom is -0.392 e. The minimum atomic E-state index is -5.61. The van der Waals surface area contributed by atoms with Crippen LogP contribution in [0.2, 0.25) is 0 Å². The van der Waals surface area contributed by atoms with Gasteiger partial charge in [0.1, 0.15) is 11.8 Å². The summed E-state index contributed by atoms with van der Waals surface area (Å²) >= 11 is 0. The lowest BCUT2D eigenvalue weighted by Crippen LogP contribution is -2.05. The molecule has 2 rings (SSSR count). The molecule has 0 fully saturated rings. The summed E-state index contributed by atoms with van der Waals surface area (Å²) in [5, 5.41) is 9.33. The van der Waals surface area contributed by atoms with E-state index >= 15 is 0 Å². The first kappa shape index (κ1) is 23.7. The first-order chi connectivity index (χ1) is 13.3. The second kappa shape index (κ2) is 9.08. The van der Waals surface area contributed by atoms with Crippen molar-refractivity contribution in [2.75, 3.05) is 18.9 Å². The molecule has 0 aliphatic heterocycles. The van der Waals surface area contributed by atoms with E-state index in [1.165, 1.54) is 23.3 Å². The SMILES string of the molecule is Nc1ncnc2c1ncn2C/C=C(\CO)COP(=O)(O)OP(=O)(O)OP(=O)(O)O. The molecule has 7 N–H and O–H groups in total. The summed E-state index contributed by atoms with van der Waals surface area (Å²) in [7, 11) is -16.4. The zero-order valence-corrected chi connectivity index (χ0v) is 16.9. The van der Waals surface area contributed by atoms with E-state index in [1.54, 1.807) is 0 Å². The third-order valence-electron chi connectivity index (χ3n) is 3.04. The van der Waals surface area contributed by atoms with Crippen LogP contribution >= 0.6 is 23.5 Å². The quantitative estimate of drug-likeness (QED) is 0.190. The number of phosphoric ester groups is 1. The van der Waals surface area contributed by atoms with Gasteiger partial charge in [-0.15, -0.1) is 0 Å². The van der Waals surface area contributed by atoms with Crippen LogP contribution in [0.15, 0.2) is 24.3 Å². The average molecular weight is 475 g/mol. The Labute approximate surface area is 162 Å². The monoisotopic (exact) mass is 475 g/mol. The average Bonchev–Trinajstić information content (AvgIpc) is 2.96. The Morgan fingerprint density at radius 1 is 1.10 bits per heavy atom. The van der Waals surface area contributed by atoms with E-state index in [-0.39, 0.29) is 17.9 Å². The van der Waals surface area contributed by atoms with E-state index in [0.29, 0.717) is 11.2 Å². The van der Waals surface area contributed by atoms with Crippen LogP contribution < -0.4 is 5.73 Å². The number of aliphatic hydroxyl groups excluding tert-OH is 1. The van der Waals surface area contributed by atoms with Gasteiger partial charge < -0.3 is 35.0 Å². The number of anilines is 1. The normalized spacial score (nSPS) is 17.2. The second-order valence-electron chi connectivity index (χ2n) is 5.21. The maximum absolute atomic E-state index is 11.7. The van der Waals surface area contributed by atoms with Crippen molar-refractivity contribution in [3.8, 4) is 0 Å². The van der Waals surface area contributed by atoms with E-state index in [9.17, 15) is 23.7 Å². The molecule has 162 valence electrons. The molecule has 2 heterocycles. The molecule has 19 heteroatoms. The van der Waals surface area contributed by atoms with Crippen molar-refractivity contribution < 1.29 is 51.5 Å². The van der Waals surface area contributed by atoms with E-state index in [1.807, 2.05) is 0 Å². The Hall–Kier alpha value is -1.54. The summed E-state index contributed by atoms with van der Waals surface area (Å²) in [5.41, 5.74) is 6.44. The lowest BCUT2D eigenvalue weighted by Gasteiger charge is -2.16. The number of fused-ring (bicyclic) bond motifs is 1. The lowest BCUT2D eigenvalue weighted by atomic mass is 10.3. The molecule has 0 amide bonds. The number of hydrogen-bond acceptors (Lipinski definition) is 11. The van der Waals surface area contributed by atoms with Crippen molar-refractivity contribution in [1.29, 1.82) is 0 Å². The number of hydrogen-bond donors (Lipinski definition) is 6. The third kappa shape index (κ3) is 7.33. The van der Waals surface area contributed by atoms with Crippen molar-refractivity contribution >= 4 is 40.4 Å². The van der Waals surface area contributed by atoms with Crippen LogP contribution in [0, 0.1) is 0 Å². The van der Waals surface area contributed by atoms with Gasteiger partial charge in [-0.05, 0) is 5.57 Å². The highest BCUT2D eigenvalue weighted by atomic mass is 31.3. The summed E-state index contributed by atoms with van der Waals surface area (Å²) in [6, 6.07) is 0. The fraction of sp³-hybridized carbons (Fsp3) is 0.300. The Morgan fingerprint density at radius 3 is 2.41 bits per heavy atom. The molecule has 2 aromatic heterocycles. The highest BCUT2D eigenvalue weighted by molar-refractivity contribution is 7.66. The Kier molecular flexibility index (Phi) is 7.43. The molecule has 0 aliphatic rings. The molecule has 2 aromatic rings. The van der Waals surface area contributed by atoms with Crippen LogP contribution in [0.25, 0.3) is 11.2 Å². The standard InChI is InChI=1S/C10H16N5O11P3/c11-9-8-10(13-5-12-9)15(6-14-8)2-1-7(3-16)4-24-28(20,21)26-29(22,23)25-27(17,18)19/h1,5-6,16H,2-4H2,(H,20,21)(H,22,23)(H2,11,12,13)(H2,17,18,19)/b7-1+. The molecule has 16 nitrogen and oxygen atoms in total. The highest BCUT2D eigenvalue weighted by Crippen LogP contribution is 2.66. The lowest BCUT2D eigenvalue weighted by molar-refractivity contribution is 0.176. The number of aromatic nitrogens is 4. The smallest absolute Gasteiger partial charge is 0.392 e. The molecule has 29 heavy (non-hydrogen) atoms. The van der Waals surface area contributed by atoms with Crippen molar-refractivity contribution in [1.82, 2.24) is 19.5 Å². The first-order valence-electron chi connectivity index (χ1n) is 7.30. The molecule has 2 atom stereocenters. The van der Waals surface area contributed by atoms with Gasteiger partial charge in [0, 0.05) is 6.54 Å². The van der Waals surface area contributed by atoms with Crippen LogP contribution in [0.3, 0.4) is 0 Å². The number of aliphatic hydroxyl groups is 1. The van der Waals surface area contributed by atoms with Gasteiger partial charge in [0.05, 0.1) is 19.5 Å². The Bertz CT molecular complexity index is 1050. The maximum Gasteiger partial charge on any atom is 0.490 e. The van der Waals surface area contributed by atoms with Crippen LogP contribution in [0.5, 0.6) is 0 Å². The number of allylic oxidation sites excluding steroid dienone is 1. The van der Waals surface area contributed by atoms with Gasteiger partial charge in [0.15, 0.2) is 11.5 Å². The number of rotatable bonds is 10. The number of nitrogen functional groups attached to an aromatic ring is 1. The molecule has 0 aliphatic carbocycles. The number of imidazole rings is 1. The molecule has 0 saturated heterocycles. The van der Waals surface area contributed by atoms with Crippen LogP contribution in [0.1, 0.15) is 0 Å². The molecule has 2 unspecified atom stereocenters. The number of nitrogens with zero attached hydrogens (tertiary/aromatic N) is 4. The van der Waals surface area contributed by atoms with Gasteiger partial charge in [-0.25, -0.2) is 28.6 Å². The first-order valence-corrected chi connectivity index (χ1v) is 11.8. The van der Waals surface area contributed by atoms with E-state index in [4.69, 9.17) is 20.4 Å². The van der Waals surface area contributed by atoms with Gasteiger partial charge in [0.25, 0.3) is 0 Å². The summed E-state index contributed by atoms with van der Waals surface area (Å²) < 4.78 is 46.6. The second-order valence-corrected chi connectivity index (χ2v) is 9.63. The van der Waals surface area contributed by atoms with Crippen LogP contribution in [-0.4, -0.2) is 57.4 Å². The van der Waals surface area contributed by atoms with E-state index in [2.05, 4.69) is 28.1 Å². The Balaban J connectivity index is 2.03. The molecule has 0 radical (unpaired) electrons. The molecule has 0 spiro atoms. The summed E-state index contributed by atoms with van der Waals surface area (Å²) in [6.45, 7) is -1.27. The van der Waals surface area contributed by atoms with Gasteiger partial charge in [-0.1, -0.05) is 6.08 Å². The fourth-order valence-corrected chi connectivity index (χ4v) is 4.92. The van der Waals surface area contributed by atoms with Crippen molar-refractivity contribution in [2.45, 2.75) is 6.54 Å². The highest BCUT2D eigenvalue weighted by Gasteiger charge is 2.40. The molecule has 0 saturated carbocycles. The van der Waals surface area contributed by atoms with Crippen LogP contribution in [-0.2, 0) is 33.4 Å². The summed E-state index contributed by atoms with van der Waals surface area (Å²) in [5.74, 6) is 0.160. The van der Waals surface area contributed by atoms with Gasteiger partial charge in [-0.3, -0.25) is 4.52 Å². The van der Waals surface area contributed by atoms with Crippen molar-refractivity contribution in [2.24, 2.45) is 0 Å². The minimum absolute atomic E-state index is 0.0513. The molecule has 0 aromatic carbocycles. The largest absolute Gasteiger partial charge is 0.490 e. The van der Waals surface area contributed by atoms with Gasteiger partial charge >= 0.3 is 23.5 Å². The molecular formula is C10H16N5O11P3. The maximum atomic E-state index is 11.7. The number of phosphoric acid groups is 3. The Morgan fingerprint density at radius 2 is 1.79 bits per heavy atom.